The first-order valence-corrected chi connectivity index (χ1v) is 27.5. The van der Waals surface area contributed by atoms with E-state index in [1.807, 2.05) is 0 Å². The van der Waals surface area contributed by atoms with E-state index in [4.69, 9.17) is 0 Å². The Balaban J connectivity index is 0.00000161. The molecule has 0 saturated carbocycles. The third-order valence-corrected chi connectivity index (χ3v) is 41.2. The fraction of sp³-hybridized carbons (Fsp3) is 0.222. The number of allylic oxidation sites excluding steroid dienone is 2. The number of benzene rings is 4. The SMILES string of the molecule is CCC1=Cc2c(-c3ccccc3)cccc2[CH]1[Zr][Si](C)(C)[Zr][CH]1C(CC)=Cc2c(-c3ccccc3)cccc21.Cl.Cl.[Zr]. The molecule has 0 spiro atoms. The van der Waals surface area contributed by atoms with Gasteiger partial charge in [0.1, 0.15) is 0 Å². The van der Waals surface area contributed by atoms with E-state index in [1.165, 1.54) is 46.2 Å². The second-order valence-electron chi connectivity index (χ2n) is 11.3. The van der Waals surface area contributed by atoms with Crippen LogP contribution in [-0.2, 0) is 71.0 Å². The molecule has 4 aromatic rings. The quantitative estimate of drug-likeness (QED) is 0.155. The van der Waals surface area contributed by atoms with Crippen molar-refractivity contribution in [2.75, 3.05) is 0 Å². The van der Waals surface area contributed by atoms with Crippen molar-refractivity contribution in [3.8, 4) is 22.3 Å². The van der Waals surface area contributed by atoms with E-state index >= 15 is 0 Å². The van der Waals surface area contributed by atoms with Gasteiger partial charge >= 0.3 is 259 Å². The van der Waals surface area contributed by atoms with Gasteiger partial charge in [-0.1, -0.05) is 0 Å². The molecule has 42 heavy (non-hydrogen) atoms. The average Bonchev–Trinajstić information content (AvgIpc) is 3.50. The third kappa shape index (κ3) is 7.43. The Morgan fingerprint density at radius 3 is 1.29 bits per heavy atom. The molecule has 2 unspecified atom stereocenters. The standard InChI is InChI=1S/2C17H15.C2H6Si.2ClH.3Zr/c2*1-2-13-11-15-9-6-10-16(17(15)12-13)14-7-4-3-5-8-14;1-3-2;;;;;/h2*3-12H,2H2,1H3;1-2H3;2*1H;;;. The fourth-order valence-electron chi connectivity index (χ4n) is 6.38. The predicted molar refractivity (Wildman–Crippen MR) is 178 cm³/mol. The van der Waals surface area contributed by atoms with Crippen LogP contribution in [0.4, 0.5) is 0 Å². The molecule has 0 saturated heterocycles. The second-order valence-corrected chi connectivity index (χ2v) is 49.7. The van der Waals surface area contributed by atoms with Gasteiger partial charge in [0, 0.05) is 26.2 Å². The Hall–Kier alpha value is -0.194. The minimum Gasteiger partial charge on any atom is -0.147 e. The summed E-state index contributed by atoms with van der Waals surface area (Å²) in [5, 5.41) is 0. The molecule has 212 valence electrons. The van der Waals surface area contributed by atoms with E-state index < -0.39 is 47.1 Å². The Bertz CT molecular complexity index is 1450. The molecule has 2 aliphatic rings. The number of hydrogen-bond acceptors (Lipinski definition) is 0. The summed E-state index contributed by atoms with van der Waals surface area (Å²) in [7, 11) is 0. The molecule has 0 N–H and O–H groups in total. The van der Waals surface area contributed by atoms with Crippen molar-refractivity contribution in [3.05, 3.63) is 130 Å². The van der Waals surface area contributed by atoms with Crippen LogP contribution in [0.3, 0.4) is 0 Å². The first kappa shape index (κ1) is 36.3. The Labute approximate surface area is 306 Å². The van der Waals surface area contributed by atoms with Crippen LogP contribution < -0.4 is 0 Å². The van der Waals surface area contributed by atoms with Gasteiger partial charge in [-0.2, -0.15) is 0 Å². The topological polar surface area (TPSA) is 0 Å². The molecular formula is C36H38Cl2SiZr3. The van der Waals surface area contributed by atoms with Crippen molar-refractivity contribution >= 4 is 39.3 Å². The van der Waals surface area contributed by atoms with Crippen LogP contribution in [0.25, 0.3) is 34.4 Å². The minimum absolute atomic E-state index is 0. The number of halogens is 2. The zero-order valence-electron chi connectivity index (χ0n) is 24.8. The number of hydrogen-bond donors (Lipinski definition) is 0. The molecule has 0 aliphatic heterocycles. The summed E-state index contributed by atoms with van der Waals surface area (Å²) < 4.78 is 0.316. The molecule has 4 aromatic carbocycles. The van der Waals surface area contributed by atoms with E-state index in [1.54, 1.807) is 22.3 Å². The zero-order valence-corrected chi connectivity index (χ0v) is 34.8. The summed E-state index contributed by atoms with van der Waals surface area (Å²) in [5.74, 6) is 0. The van der Waals surface area contributed by atoms with Gasteiger partial charge < -0.3 is 0 Å². The monoisotopic (exact) mass is 838 g/mol. The second kappa shape index (κ2) is 15.9. The maximum atomic E-state index is 2.80. The molecule has 0 heterocycles. The van der Waals surface area contributed by atoms with Crippen molar-refractivity contribution in [1.82, 2.24) is 0 Å². The largest absolute Gasteiger partial charge is 0.147 e. The summed E-state index contributed by atoms with van der Waals surface area (Å²) in [6.07, 6.45) is 7.56. The van der Waals surface area contributed by atoms with Crippen LogP contribution in [0.5, 0.6) is 0 Å². The smallest absolute Gasteiger partial charge is 0 e. The molecule has 0 fully saturated rings. The van der Waals surface area contributed by atoms with Gasteiger partial charge in [-0.15, -0.1) is 24.8 Å². The first-order valence-electron chi connectivity index (χ1n) is 14.3. The maximum absolute atomic E-state index is 2.80. The van der Waals surface area contributed by atoms with Gasteiger partial charge in [-0.25, -0.2) is 0 Å². The van der Waals surface area contributed by atoms with Crippen molar-refractivity contribution in [1.29, 1.82) is 0 Å². The zero-order chi connectivity index (χ0) is 27.0. The van der Waals surface area contributed by atoms with Crippen LogP contribution in [0.1, 0.15) is 56.2 Å². The first-order chi connectivity index (χ1) is 19.0. The van der Waals surface area contributed by atoms with Gasteiger partial charge in [0.2, 0.25) is 0 Å². The molecule has 0 radical (unpaired) electrons. The molecule has 2 aliphatic carbocycles. The van der Waals surface area contributed by atoms with Crippen molar-refractivity contribution in [2.45, 2.75) is 47.0 Å². The Morgan fingerprint density at radius 2 is 0.929 bits per heavy atom. The molecule has 0 nitrogen and oxygen atoms in total. The van der Waals surface area contributed by atoms with E-state index in [0.717, 1.165) is 7.25 Å². The summed E-state index contributed by atoms with van der Waals surface area (Å²) in [5.41, 5.74) is 15.4. The number of rotatable bonds is 8. The fourth-order valence-corrected chi connectivity index (χ4v) is 43.8. The van der Waals surface area contributed by atoms with E-state index in [2.05, 4.69) is 136 Å². The normalized spacial score (nSPS) is 16.5. The van der Waals surface area contributed by atoms with Crippen LogP contribution in [0.2, 0.25) is 13.1 Å². The molecule has 0 aromatic heterocycles. The minimum atomic E-state index is -1.22. The van der Waals surface area contributed by atoms with E-state index in [0.29, 0.717) is 0 Å². The molecule has 0 amide bonds. The van der Waals surface area contributed by atoms with Gasteiger partial charge in [-0.05, 0) is 0 Å². The van der Waals surface area contributed by atoms with Crippen molar-refractivity contribution < 1.29 is 71.0 Å². The number of fused-ring (bicyclic) bond motifs is 2. The van der Waals surface area contributed by atoms with Crippen LogP contribution >= 0.6 is 24.8 Å². The van der Waals surface area contributed by atoms with Gasteiger partial charge in [0.25, 0.3) is 0 Å². The van der Waals surface area contributed by atoms with Gasteiger partial charge in [0.15, 0.2) is 0 Å². The van der Waals surface area contributed by atoms with Gasteiger partial charge in [-0.3, -0.25) is 0 Å². The average molecular weight is 843 g/mol. The summed E-state index contributed by atoms with van der Waals surface area (Å²) in [6.45, 7) is 10.4. The molecule has 6 rings (SSSR count). The van der Waals surface area contributed by atoms with E-state index in [9.17, 15) is 0 Å². The van der Waals surface area contributed by atoms with Crippen LogP contribution in [0, 0.1) is 0 Å². The maximum Gasteiger partial charge on any atom is 0 e. The van der Waals surface area contributed by atoms with Crippen LogP contribution in [-0.4, -0.2) is 2.33 Å². The third-order valence-electron chi connectivity index (χ3n) is 8.30. The molecular weight excluding hydrogens is 805 g/mol. The van der Waals surface area contributed by atoms with E-state index in [-0.39, 0.29) is 51.0 Å². The Morgan fingerprint density at radius 1 is 0.548 bits per heavy atom. The summed E-state index contributed by atoms with van der Waals surface area (Å²) in [4.78, 5) is 0. The summed E-state index contributed by atoms with van der Waals surface area (Å²) in [6, 6.07) is 36.3. The van der Waals surface area contributed by atoms with Gasteiger partial charge in [0.05, 0.1) is 0 Å². The predicted octanol–water partition coefficient (Wildman–Crippen LogP) is 11.1. The van der Waals surface area contributed by atoms with Crippen LogP contribution in [0.15, 0.2) is 108 Å². The summed E-state index contributed by atoms with van der Waals surface area (Å²) >= 11 is -1.24. The molecule has 6 heteroatoms. The molecule has 2 atom stereocenters. The van der Waals surface area contributed by atoms with Crippen molar-refractivity contribution in [3.63, 3.8) is 0 Å². The molecule has 0 bridgehead atoms. The van der Waals surface area contributed by atoms with Crippen molar-refractivity contribution in [2.24, 2.45) is 0 Å². The Kier molecular flexibility index (Phi) is 13.7.